The van der Waals surface area contributed by atoms with Gasteiger partial charge in [-0.25, -0.2) is 13.1 Å². The number of aromatic nitrogens is 3. The molecule has 24 heavy (non-hydrogen) atoms. The molecule has 1 atom stereocenters. The molecule has 0 radical (unpaired) electrons. The molecule has 1 unspecified atom stereocenters. The molecule has 0 amide bonds. The van der Waals surface area contributed by atoms with Crippen LogP contribution in [0.4, 0.5) is 0 Å². The molecule has 2 aromatic heterocycles. The van der Waals surface area contributed by atoms with Crippen molar-refractivity contribution >= 4 is 10.0 Å². The Labute approximate surface area is 139 Å². The van der Waals surface area contributed by atoms with Crippen LogP contribution in [0.15, 0.2) is 32.7 Å². The summed E-state index contributed by atoms with van der Waals surface area (Å²) < 4.78 is 32.9. The summed E-state index contributed by atoms with van der Waals surface area (Å²) >= 11 is 0. The van der Waals surface area contributed by atoms with Gasteiger partial charge in [0.1, 0.15) is 11.2 Å². The molecule has 0 N–H and O–H groups in total. The second-order valence-corrected chi connectivity index (χ2v) is 8.15. The summed E-state index contributed by atoms with van der Waals surface area (Å²) in [6.07, 6.45) is 6.58. The summed E-state index contributed by atoms with van der Waals surface area (Å²) in [6.45, 7) is 0.703. The molecule has 8 nitrogen and oxygen atoms in total. The van der Waals surface area contributed by atoms with Gasteiger partial charge in [0.2, 0.25) is 10.0 Å². The number of fused-ring (bicyclic) bond motifs is 1. The third-order valence-corrected chi connectivity index (χ3v) is 6.64. The Hall–Kier alpha value is -2.00. The Kier molecular flexibility index (Phi) is 3.76. The molecule has 2 aromatic rings. The lowest BCUT2D eigenvalue weighted by Gasteiger charge is -2.23. The topological polar surface area (TPSA) is 98.3 Å². The van der Waals surface area contributed by atoms with Crippen LogP contribution in [0.2, 0.25) is 0 Å². The van der Waals surface area contributed by atoms with E-state index in [4.69, 9.17) is 0 Å². The summed E-state index contributed by atoms with van der Waals surface area (Å²) in [7, 11) is -3.66. The van der Waals surface area contributed by atoms with E-state index in [-0.39, 0.29) is 23.0 Å². The number of nitrogens with zero attached hydrogens (tertiary/aromatic N) is 4. The van der Waals surface area contributed by atoms with Crippen molar-refractivity contribution in [2.45, 2.75) is 49.6 Å². The number of hydrogen-bond acceptors (Lipinski definition) is 6. The van der Waals surface area contributed by atoms with Crippen molar-refractivity contribution in [3.05, 3.63) is 40.1 Å². The molecule has 3 heterocycles. The summed E-state index contributed by atoms with van der Waals surface area (Å²) in [4.78, 5) is 12.3. The van der Waals surface area contributed by atoms with Gasteiger partial charge in [-0.2, -0.15) is 9.40 Å². The zero-order valence-corrected chi connectivity index (χ0v) is 13.9. The van der Waals surface area contributed by atoms with Gasteiger partial charge in [0.25, 0.3) is 5.56 Å². The van der Waals surface area contributed by atoms with Gasteiger partial charge in [-0.05, 0) is 37.7 Å². The van der Waals surface area contributed by atoms with Gasteiger partial charge >= 0.3 is 0 Å². The molecular weight excluding hydrogens is 332 g/mol. The van der Waals surface area contributed by atoms with Gasteiger partial charge in [0.15, 0.2) is 0 Å². The Bertz CT molecular complexity index is 904. The fraction of sp³-hybridized carbons (Fsp3) is 0.533. The van der Waals surface area contributed by atoms with E-state index in [9.17, 15) is 13.2 Å². The smallest absolute Gasteiger partial charge is 0.267 e. The Morgan fingerprint density at radius 3 is 2.96 bits per heavy atom. The van der Waals surface area contributed by atoms with Gasteiger partial charge in [-0.3, -0.25) is 4.79 Å². The maximum atomic E-state index is 12.7. The molecule has 2 aliphatic rings. The van der Waals surface area contributed by atoms with E-state index in [0.29, 0.717) is 13.0 Å². The van der Waals surface area contributed by atoms with Crippen molar-refractivity contribution in [1.29, 1.82) is 0 Å². The molecule has 0 saturated carbocycles. The molecule has 9 heteroatoms. The molecule has 4 rings (SSSR count). The molecule has 0 spiro atoms. The van der Waals surface area contributed by atoms with Crippen LogP contribution in [-0.2, 0) is 29.4 Å². The van der Waals surface area contributed by atoms with Crippen molar-refractivity contribution in [2.24, 2.45) is 0 Å². The van der Waals surface area contributed by atoms with Crippen LogP contribution in [0.1, 0.15) is 30.5 Å². The largest absolute Gasteiger partial charge is 0.363 e. The van der Waals surface area contributed by atoms with Gasteiger partial charge in [0.05, 0.1) is 18.4 Å². The second kappa shape index (κ2) is 5.82. The molecule has 0 bridgehead atoms. The van der Waals surface area contributed by atoms with Crippen LogP contribution < -0.4 is 5.56 Å². The van der Waals surface area contributed by atoms with Crippen LogP contribution in [0.5, 0.6) is 0 Å². The highest BCUT2D eigenvalue weighted by molar-refractivity contribution is 7.89. The molecule has 0 aromatic carbocycles. The molecule has 1 aliphatic heterocycles. The lowest BCUT2D eigenvalue weighted by atomic mass is 10.2. The minimum atomic E-state index is -3.66. The third kappa shape index (κ3) is 2.57. The van der Waals surface area contributed by atoms with Crippen molar-refractivity contribution in [3.63, 3.8) is 0 Å². The van der Waals surface area contributed by atoms with Crippen molar-refractivity contribution in [1.82, 2.24) is 19.2 Å². The first-order chi connectivity index (χ1) is 11.6. The average molecular weight is 350 g/mol. The summed E-state index contributed by atoms with van der Waals surface area (Å²) in [5, 5.41) is 7.92. The highest BCUT2D eigenvalue weighted by atomic mass is 32.2. The van der Waals surface area contributed by atoms with E-state index >= 15 is 0 Å². The summed E-state index contributed by atoms with van der Waals surface area (Å²) in [5.41, 5.74) is 1.82. The third-order valence-electron chi connectivity index (χ3n) is 4.75. The van der Waals surface area contributed by atoms with Crippen molar-refractivity contribution in [2.75, 3.05) is 6.54 Å². The first-order valence-corrected chi connectivity index (χ1v) is 9.51. The molecular formula is C15H18N4O4S. The van der Waals surface area contributed by atoms with Crippen LogP contribution in [0.3, 0.4) is 0 Å². The maximum Gasteiger partial charge on any atom is 0.267 e. The molecule has 1 aliphatic carbocycles. The predicted octanol–water partition coefficient (Wildman–Crippen LogP) is 0.573. The van der Waals surface area contributed by atoms with E-state index in [2.05, 4.69) is 14.8 Å². The molecule has 1 saturated heterocycles. The standard InChI is InChI=1S/C15H18N4O4S/c20-15-7-11-3-1-5-14(11)17-18(15)9-12-4-2-6-19(12)24(21,22)13-8-16-23-10-13/h7-8,10,12H,1-6,9H2. The zero-order valence-electron chi connectivity index (χ0n) is 13.1. The van der Waals surface area contributed by atoms with Crippen molar-refractivity contribution in [3.8, 4) is 0 Å². The Balaban J connectivity index is 1.62. The first kappa shape index (κ1) is 15.5. The quantitative estimate of drug-likeness (QED) is 0.800. The second-order valence-electron chi connectivity index (χ2n) is 6.26. The normalized spacial score (nSPS) is 21.2. The zero-order chi connectivity index (χ0) is 16.7. The summed E-state index contributed by atoms with van der Waals surface area (Å²) in [6, 6.07) is 1.36. The molecule has 1 fully saturated rings. The number of rotatable bonds is 4. The highest BCUT2D eigenvalue weighted by Gasteiger charge is 2.36. The van der Waals surface area contributed by atoms with Crippen LogP contribution >= 0.6 is 0 Å². The van der Waals surface area contributed by atoms with Crippen LogP contribution in [0, 0.1) is 0 Å². The van der Waals surface area contributed by atoms with Gasteiger partial charge in [-0.1, -0.05) is 5.16 Å². The number of sulfonamides is 1. The summed E-state index contributed by atoms with van der Waals surface area (Å²) in [5.74, 6) is 0. The fourth-order valence-corrected chi connectivity index (χ4v) is 5.08. The van der Waals surface area contributed by atoms with E-state index in [1.54, 1.807) is 6.07 Å². The van der Waals surface area contributed by atoms with E-state index in [0.717, 1.165) is 43.2 Å². The predicted molar refractivity (Wildman–Crippen MR) is 83.9 cm³/mol. The molecule has 128 valence electrons. The minimum Gasteiger partial charge on any atom is -0.363 e. The minimum absolute atomic E-state index is 0.0451. The lowest BCUT2D eigenvalue weighted by Crippen LogP contribution is -2.40. The van der Waals surface area contributed by atoms with Gasteiger partial charge in [0, 0.05) is 18.7 Å². The monoisotopic (exact) mass is 350 g/mol. The average Bonchev–Trinajstić information content (AvgIpc) is 3.29. The van der Waals surface area contributed by atoms with Gasteiger partial charge in [-0.15, -0.1) is 0 Å². The van der Waals surface area contributed by atoms with E-state index < -0.39 is 10.0 Å². The highest BCUT2D eigenvalue weighted by Crippen LogP contribution is 2.26. The maximum absolute atomic E-state index is 12.7. The van der Waals surface area contributed by atoms with Crippen LogP contribution in [0.25, 0.3) is 0 Å². The lowest BCUT2D eigenvalue weighted by molar-refractivity contribution is 0.333. The Morgan fingerprint density at radius 2 is 2.17 bits per heavy atom. The number of hydrogen-bond donors (Lipinski definition) is 0. The fourth-order valence-electron chi connectivity index (χ4n) is 3.54. The number of aryl methyl sites for hydroxylation is 2. The first-order valence-electron chi connectivity index (χ1n) is 8.07. The van der Waals surface area contributed by atoms with E-state index in [1.807, 2.05) is 0 Å². The SMILES string of the molecule is O=c1cc2c(nn1CC1CCCN1S(=O)(=O)c1cnoc1)CCC2. The Morgan fingerprint density at radius 1 is 1.29 bits per heavy atom. The van der Waals surface area contributed by atoms with E-state index in [1.165, 1.54) is 15.2 Å². The van der Waals surface area contributed by atoms with Crippen molar-refractivity contribution < 1.29 is 12.9 Å². The van der Waals surface area contributed by atoms with Crippen LogP contribution in [-0.4, -0.2) is 40.2 Å². The van der Waals surface area contributed by atoms with Gasteiger partial charge < -0.3 is 4.52 Å².